The number of hydrogen-bond donors (Lipinski definition) is 0. The number of nitrogens with zero attached hydrogens (tertiary/aromatic N) is 3. The fourth-order valence-electron chi connectivity index (χ4n) is 3.52. The molecule has 0 aliphatic carbocycles. The maximum atomic E-state index is 4.78. The molecule has 0 amide bonds. The quantitative estimate of drug-likeness (QED) is 0.235. The molecular formula is C27H31Cl2FeN3. The standard InChI is InChI=1S/C27H31N3.2ClH.Fe/c1-18(2)24-14-7-10-20(5)26(24)28-16-22-12-9-13-23(30-22)17-29-27-21(6)11-8-15-25(27)19(3)4;;;/h7-19H,1-6H3;2*1H;/q;;;+2/p-2. The third-order valence-electron chi connectivity index (χ3n) is 5.23. The average Bonchev–Trinajstić information content (AvgIpc) is 2.77. The molecule has 0 saturated carbocycles. The summed E-state index contributed by atoms with van der Waals surface area (Å²) in [5.41, 5.74) is 8.59. The first-order valence-corrected chi connectivity index (χ1v) is 13.9. The molecule has 176 valence electrons. The summed E-state index contributed by atoms with van der Waals surface area (Å²) in [5.74, 6) is 0.848. The molecule has 1 heterocycles. The number of pyridine rings is 1. The van der Waals surface area contributed by atoms with Gasteiger partial charge in [0.1, 0.15) is 0 Å². The van der Waals surface area contributed by atoms with E-state index < -0.39 is 0 Å². The number of hydrogen-bond acceptors (Lipinski definition) is 3. The Morgan fingerprint density at radius 1 is 0.697 bits per heavy atom. The van der Waals surface area contributed by atoms with Crippen LogP contribution in [-0.4, -0.2) is 17.4 Å². The molecule has 0 spiro atoms. The molecule has 6 heteroatoms. The van der Waals surface area contributed by atoms with Gasteiger partial charge in [-0.2, -0.15) is 0 Å². The third kappa shape index (κ3) is 8.08. The molecule has 0 unspecified atom stereocenters. The Hall–Kier alpha value is -1.97. The minimum absolute atomic E-state index is 0.194. The summed E-state index contributed by atoms with van der Waals surface area (Å²) in [6.07, 6.45) is 3.69. The number of aryl methyl sites for hydroxylation is 2. The number of benzene rings is 2. The Morgan fingerprint density at radius 3 is 1.42 bits per heavy atom. The van der Waals surface area contributed by atoms with Crippen molar-refractivity contribution in [2.24, 2.45) is 9.98 Å². The summed E-state index contributed by atoms with van der Waals surface area (Å²) in [4.78, 5) is 14.3. The monoisotopic (exact) mass is 523 g/mol. The van der Waals surface area contributed by atoms with Crippen LogP contribution in [0.3, 0.4) is 0 Å². The summed E-state index contributed by atoms with van der Waals surface area (Å²) in [5, 5.41) is 0. The van der Waals surface area contributed by atoms with E-state index in [0.717, 1.165) is 22.8 Å². The van der Waals surface area contributed by atoms with Gasteiger partial charge in [0.2, 0.25) is 0 Å². The second kappa shape index (κ2) is 13.7. The number of para-hydroxylation sites is 2. The maximum absolute atomic E-state index is 4.78. The Bertz CT molecular complexity index is 1030. The molecule has 0 fully saturated rings. The van der Waals surface area contributed by atoms with Crippen molar-refractivity contribution in [1.29, 1.82) is 0 Å². The van der Waals surface area contributed by atoms with Crippen LogP contribution in [0.25, 0.3) is 0 Å². The van der Waals surface area contributed by atoms with Crippen molar-refractivity contribution in [2.75, 3.05) is 0 Å². The predicted molar refractivity (Wildman–Crippen MR) is 141 cm³/mol. The van der Waals surface area contributed by atoms with E-state index in [2.05, 4.69) is 77.9 Å². The van der Waals surface area contributed by atoms with Crippen molar-refractivity contribution in [3.63, 3.8) is 0 Å². The van der Waals surface area contributed by atoms with Crippen LogP contribution in [0.5, 0.6) is 0 Å². The van der Waals surface area contributed by atoms with Crippen LogP contribution >= 0.6 is 20.2 Å². The van der Waals surface area contributed by atoms with Gasteiger partial charge in [-0.15, -0.1) is 0 Å². The van der Waals surface area contributed by atoms with Crippen molar-refractivity contribution in [3.05, 3.63) is 88.2 Å². The fourth-order valence-corrected chi connectivity index (χ4v) is 3.52. The Morgan fingerprint density at radius 2 is 1.06 bits per heavy atom. The zero-order valence-electron chi connectivity index (χ0n) is 20.0. The van der Waals surface area contributed by atoms with E-state index in [-0.39, 0.29) is 13.1 Å². The Kier molecular flexibility index (Phi) is 11.3. The van der Waals surface area contributed by atoms with Crippen LogP contribution in [0, 0.1) is 13.8 Å². The van der Waals surface area contributed by atoms with Crippen LogP contribution in [0.2, 0.25) is 0 Å². The molecule has 3 rings (SSSR count). The van der Waals surface area contributed by atoms with E-state index >= 15 is 0 Å². The molecular weight excluding hydrogens is 493 g/mol. The van der Waals surface area contributed by atoms with Gasteiger partial charge in [0, 0.05) is 0 Å². The summed E-state index contributed by atoms with van der Waals surface area (Å²) in [6.45, 7) is 13.0. The van der Waals surface area contributed by atoms with Gasteiger partial charge in [-0.1, -0.05) is 70.2 Å². The van der Waals surface area contributed by atoms with E-state index in [1.165, 1.54) is 22.3 Å². The van der Waals surface area contributed by atoms with Crippen LogP contribution in [0.15, 0.2) is 64.6 Å². The van der Waals surface area contributed by atoms with Gasteiger partial charge in [0.05, 0.1) is 35.2 Å². The summed E-state index contributed by atoms with van der Waals surface area (Å²) in [6, 6.07) is 18.6. The van der Waals surface area contributed by atoms with Crippen LogP contribution in [0.1, 0.15) is 73.2 Å². The van der Waals surface area contributed by atoms with Crippen LogP contribution in [-0.2, 0) is 13.1 Å². The molecule has 2 aromatic carbocycles. The van der Waals surface area contributed by atoms with Gasteiger partial charge < -0.3 is 0 Å². The molecule has 0 atom stereocenters. The summed E-state index contributed by atoms with van der Waals surface area (Å²) < 4.78 is 0. The van der Waals surface area contributed by atoms with Gasteiger partial charge in [-0.25, -0.2) is 4.98 Å². The summed E-state index contributed by atoms with van der Waals surface area (Å²) in [7, 11) is 9.53. The number of rotatable bonds is 6. The van der Waals surface area contributed by atoms with E-state index in [1.807, 2.05) is 30.6 Å². The molecule has 0 aliphatic heterocycles. The molecule has 1 aromatic heterocycles. The number of aliphatic imine (C=N–C) groups is 2. The zero-order valence-corrected chi connectivity index (χ0v) is 22.6. The molecule has 0 N–H and O–H groups in total. The number of halogens is 2. The van der Waals surface area contributed by atoms with E-state index in [0.29, 0.717) is 11.8 Å². The Balaban J connectivity index is 0.00000122. The van der Waals surface area contributed by atoms with Crippen molar-refractivity contribution in [1.82, 2.24) is 4.98 Å². The van der Waals surface area contributed by atoms with Gasteiger partial charge in [0.25, 0.3) is 0 Å². The fraction of sp³-hybridized carbons (Fsp3) is 0.296. The first-order chi connectivity index (χ1) is 15.8. The Labute approximate surface area is 213 Å². The molecule has 3 aromatic rings. The predicted octanol–water partition coefficient (Wildman–Crippen LogP) is 8.82. The van der Waals surface area contributed by atoms with Crippen molar-refractivity contribution in [2.45, 2.75) is 53.4 Å². The normalized spacial score (nSPS) is 11.6. The van der Waals surface area contributed by atoms with E-state index in [1.54, 1.807) is 0 Å². The van der Waals surface area contributed by atoms with Gasteiger partial charge in [0.15, 0.2) is 0 Å². The van der Waals surface area contributed by atoms with Crippen molar-refractivity contribution >= 4 is 44.0 Å². The van der Waals surface area contributed by atoms with Crippen LogP contribution < -0.4 is 0 Å². The third-order valence-corrected chi connectivity index (χ3v) is 5.23. The van der Waals surface area contributed by atoms with Gasteiger partial charge in [-0.3, -0.25) is 9.98 Å². The zero-order chi connectivity index (χ0) is 24.4. The molecule has 33 heavy (non-hydrogen) atoms. The number of aromatic nitrogens is 1. The van der Waals surface area contributed by atoms with E-state index in [4.69, 9.17) is 35.2 Å². The second-order valence-corrected chi connectivity index (χ2v) is 10.2. The average molecular weight is 524 g/mol. The topological polar surface area (TPSA) is 37.6 Å². The molecule has 3 nitrogen and oxygen atoms in total. The molecule has 0 aliphatic rings. The second-order valence-electron chi connectivity index (χ2n) is 8.39. The molecule has 0 bridgehead atoms. The SMILES string of the molecule is Cc1cccc(C(C)C)c1N=Cc1cccc(C=Nc2c(C)cccc2C(C)C)n1.[Cl][Fe][Cl]. The van der Waals surface area contributed by atoms with Crippen molar-refractivity contribution in [3.8, 4) is 0 Å². The van der Waals surface area contributed by atoms with Gasteiger partial charge in [-0.05, 0) is 60.1 Å². The van der Waals surface area contributed by atoms with Crippen LogP contribution in [0.4, 0.5) is 11.4 Å². The molecule has 0 radical (unpaired) electrons. The molecule has 0 saturated heterocycles. The van der Waals surface area contributed by atoms with Crippen molar-refractivity contribution < 1.29 is 13.1 Å². The van der Waals surface area contributed by atoms with E-state index in [9.17, 15) is 0 Å². The van der Waals surface area contributed by atoms with Gasteiger partial charge >= 0.3 is 33.3 Å². The first kappa shape index (κ1) is 27.3. The minimum atomic E-state index is 0.194. The summed E-state index contributed by atoms with van der Waals surface area (Å²) >= 11 is 0.194. The first-order valence-electron chi connectivity index (χ1n) is 10.9.